The molecule has 0 aliphatic carbocycles. The molecule has 0 unspecified atom stereocenters. The molecule has 0 aliphatic heterocycles. The Hall–Kier alpha value is -2.33. The van der Waals surface area contributed by atoms with Gasteiger partial charge in [0, 0.05) is 26.1 Å². The molecule has 2 aromatic rings. The summed E-state index contributed by atoms with van der Waals surface area (Å²) in [7, 11) is 0. The summed E-state index contributed by atoms with van der Waals surface area (Å²) >= 11 is 0. The fraction of sp³-hybridized carbons (Fsp3) is 0.381. The molecule has 134 valence electrons. The Morgan fingerprint density at radius 3 is 2.28 bits per heavy atom. The maximum Gasteiger partial charge on any atom is 0.222 e. The molecule has 0 saturated heterocycles. The molecule has 25 heavy (non-hydrogen) atoms. The Bertz CT molecular complexity index is 626. The fourth-order valence-corrected chi connectivity index (χ4v) is 2.75. The van der Waals surface area contributed by atoms with Crippen molar-refractivity contribution in [2.45, 2.75) is 26.2 Å². The molecule has 0 heterocycles. The maximum absolute atomic E-state index is 12.5. The Balaban J connectivity index is 1.84. The van der Waals surface area contributed by atoms with Crippen molar-refractivity contribution in [1.29, 1.82) is 0 Å². The largest absolute Gasteiger partial charge is 0.494 e. The van der Waals surface area contributed by atoms with E-state index in [4.69, 9.17) is 10.5 Å². The van der Waals surface area contributed by atoms with Gasteiger partial charge in [-0.05, 0) is 43.0 Å². The van der Waals surface area contributed by atoms with Gasteiger partial charge in [0.15, 0.2) is 0 Å². The average molecular weight is 340 g/mol. The van der Waals surface area contributed by atoms with E-state index in [9.17, 15) is 4.79 Å². The third-order valence-electron chi connectivity index (χ3n) is 4.13. The van der Waals surface area contributed by atoms with Gasteiger partial charge in [-0.3, -0.25) is 4.79 Å². The first-order chi connectivity index (χ1) is 12.2. The molecule has 0 bridgehead atoms. The monoisotopic (exact) mass is 340 g/mol. The minimum absolute atomic E-state index is 0.162. The van der Waals surface area contributed by atoms with Gasteiger partial charge >= 0.3 is 0 Å². The smallest absolute Gasteiger partial charge is 0.222 e. The molecule has 4 heteroatoms. The summed E-state index contributed by atoms with van der Waals surface area (Å²) in [6.07, 6.45) is 2.09. The Morgan fingerprint density at radius 1 is 0.960 bits per heavy atom. The van der Waals surface area contributed by atoms with Crippen LogP contribution in [0.4, 0.5) is 0 Å². The topological polar surface area (TPSA) is 55.6 Å². The van der Waals surface area contributed by atoms with E-state index in [-0.39, 0.29) is 5.91 Å². The van der Waals surface area contributed by atoms with Crippen LogP contribution in [-0.4, -0.2) is 37.0 Å². The van der Waals surface area contributed by atoms with E-state index in [2.05, 4.69) is 12.1 Å². The number of hydrogen-bond acceptors (Lipinski definition) is 3. The fourth-order valence-electron chi connectivity index (χ4n) is 2.75. The van der Waals surface area contributed by atoms with Gasteiger partial charge in [-0.2, -0.15) is 0 Å². The van der Waals surface area contributed by atoms with Crippen molar-refractivity contribution in [3.8, 4) is 5.75 Å². The zero-order chi connectivity index (χ0) is 17.9. The minimum atomic E-state index is 0.162. The van der Waals surface area contributed by atoms with Gasteiger partial charge in [-0.15, -0.1) is 0 Å². The lowest BCUT2D eigenvalue weighted by Crippen LogP contribution is -2.37. The van der Waals surface area contributed by atoms with Crippen LogP contribution in [0.3, 0.4) is 0 Å². The average Bonchev–Trinajstić information content (AvgIpc) is 2.65. The standard InChI is InChI=1S/C21H28N2O2/c1-2-25-20-11-8-19(9-12-20)10-13-21(24)23(17-15-22)16-14-18-6-4-3-5-7-18/h3-9,11-12H,2,10,13-17,22H2,1H3. The number of rotatable bonds is 10. The molecule has 2 rings (SSSR count). The highest BCUT2D eigenvalue weighted by molar-refractivity contribution is 5.76. The van der Waals surface area contributed by atoms with Crippen LogP contribution in [0.1, 0.15) is 24.5 Å². The molecular formula is C21H28N2O2. The van der Waals surface area contributed by atoms with Crippen molar-refractivity contribution >= 4 is 5.91 Å². The highest BCUT2D eigenvalue weighted by Gasteiger charge is 2.12. The molecule has 2 aromatic carbocycles. The van der Waals surface area contributed by atoms with E-state index in [0.717, 1.165) is 24.2 Å². The van der Waals surface area contributed by atoms with E-state index >= 15 is 0 Å². The molecule has 0 fully saturated rings. The van der Waals surface area contributed by atoms with Crippen LogP contribution in [0.2, 0.25) is 0 Å². The molecular weight excluding hydrogens is 312 g/mol. The quantitative estimate of drug-likeness (QED) is 0.723. The molecule has 2 N–H and O–H groups in total. The van der Waals surface area contributed by atoms with E-state index < -0.39 is 0 Å². The van der Waals surface area contributed by atoms with Crippen LogP contribution in [-0.2, 0) is 17.6 Å². The van der Waals surface area contributed by atoms with Gasteiger partial charge in [0.2, 0.25) is 5.91 Å². The summed E-state index contributed by atoms with van der Waals surface area (Å²) in [5, 5.41) is 0. The summed E-state index contributed by atoms with van der Waals surface area (Å²) in [4.78, 5) is 14.4. The zero-order valence-electron chi connectivity index (χ0n) is 15.0. The second-order valence-corrected chi connectivity index (χ2v) is 5.98. The highest BCUT2D eigenvalue weighted by atomic mass is 16.5. The molecule has 0 spiro atoms. The minimum Gasteiger partial charge on any atom is -0.494 e. The van der Waals surface area contributed by atoms with Gasteiger partial charge in [-0.1, -0.05) is 42.5 Å². The number of carbonyl (C=O) groups excluding carboxylic acids is 1. The molecule has 0 aliphatic rings. The van der Waals surface area contributed by atoms with Gasteiger partial charge in [0.25, 0.3) is 0 Å². The van der Waals surface area contributed by atoms with Crippen molar-refractivity contribution in [3.63, 3.8) is 0 Å². The molecule has 1 amide bonds. The maximum atomic E-state index is 12.5. The van der Waals surface area contributed by atoms with E-state index in [1.165, 1.54) is 5.56 Å². The SMILES string of the molecule is CCOc1ccc(CCC(=O)N(CCN)CCc2ccccc2)cc1. The number of carbonyl (C=O) groups is 1. The van der Waals surface area contributed by atoms with Gasteiger partial charge < -0.3 is 15.4 Å². The number of hydrogen-bond donors (Lipinski definition) is 1. The van der Waals surface area contributed by atoms with Crippen molar-refractivity contribution in [2.75, 3.05) is 26.2 Å². The van der Waals surface area contributed by atoms with Crippen LogP contribution in [0.5, 0.6) is 5.75 Å². The number of benzene rings is 2. The summed E-state index contributed by atoms with van der Waals surface area (Å²) in [6.45, 7) is 4.43. The first-order valence-corrected chi connectivity index (χ1v) is 8.96. The zero-order valence-corrected chi connectivity index (χ0v) is 15.0. The number of aryl methyl sites for hydroxylation is 1. The van der Waals surface area contributed by atoms with Gasteiger partial charge in [0.05, 0.1) is 6.61 Å². The first kappa shape index (κ1) is 19.0. The van der Waals surface area contributed by atoms with Crippen LogP contribution in [0.15, 0.2) is 54.6 Å². The van der Waals surface area contributed by atoms with Crippen molar-refractivity contribution in [2.24, 2.45) is 5.73 Å². The van der Waals surface area contributed by atoms with Gasteiger partial charge in [-0.25, -0.2) is 0 Å². The van der Waals surface area contributed by atoms with Gasteiger partial charge in [0.1, 0.15) is 5.75 Å². The number of ether oxygens (including phenoxy) is 1. The number of nitrogens with zero attached hydrogens (tertiary/aromatic N) is 1. The molecule has 0 saturated carbocycles. The lowest BCUT2D eigenvalue weighted by molar-refractivity contribution is -0.131. The Labute approximate surface area is 150 Å². The highest BCUT2D eigenvalue weighted by Crippen LogP contribution is 2.14. The molecule has 0 aromatic heterocycles. The van der Waals surface area contributed by atoms with Crippen LogP contribution < -0.4 is 10.5 Å². The first-order valence-electron chi connectivity index (χ1n) is 8.96. The summed E-state index contributed by atoms with van der Waals surface area (Å²) < 4.78 is 5.44. The normalized spacial score (nSPS) is 10.5. The van der Waals surface area contributed by atoms with Crippen molar-refractivity contribution in [3.05, 3.63) is 65.7 Å². The predicted octanol–water partition coefficient (Wildman–Crippen LogP) is 3.05. The van der Waals surface area contributed by atoms with Crippen LogP contribution in [0, 0.1) is 0 Å². The second kappa shape index (κ2) is 10.5. The Morgan fingerprint density at radius 2 is 1.64 bits per heavy atom. The summed E-state index contributed by atoms with van der Waals surface area (Å²) in [6, 6.07) is 18.2. The Kier molecular flexibility index (Phi) is 7.99. The predicted molar refractivity (Wildman–Crippen MR) is 102 cm³/mol. The van der Waals surface area contributed by atoms with Crippen molar-refractivity contribution in [1.82, 2.24) is 4.90 Å². The molecule has 4 nitrogen and oxygen atoms in total. The van der Waals surface area contributed by atoms with Crippen LogP contribution in [0.25, 0.3) is 0 Å². The third-order valence-corrected chi connectivity index (χ3v) is 4.13. The van der Waals surface area contributed by atoms with E-state index in [1.54, 1.807) is 0 Å². The second-order valence-electron chi connectivity index (χ2n) is 5.98. The number of amides is 1. The summed E-state index contributed by atoms with van der Waals surface area (Å²) in [5.74, 6) is 1.03. The lowest BCUT2D eigenvalue weighted by Gasteiger charge is -2.22. The van der Waals surface area contributed by atoms with E-state index in [0.29, 0.717) is 32.7 Å². The van der Waals surface area contributed by atoms with Crippen LogP contribution >= 0.6 is 0 Å². The van der Waals surface area contributed by atoms with E-state index in [1.807, 2.05) is 54.3 Å². The number of nitrogens with two attached hydrogens (primary N) is 1. The molecule has 0 radical (unpaired) electrons. The third kappa shape index (κ3) is 6.59. The summed E-state index contributed by atoms with van der Waals surface area (Å²) in [5.41, 5.74) is 8.07. The lowest BCUT2D eigenvalue weighted by atomic mass is 10.1. The van der Waals surface area contributed by atoms with Crippen molar-refractivity contribution < 1.29 is 9.53 Å². The molecule has 0 atom stereocenters.